The molecule has 0 saturated carbocycles. The minimum absolute atomic E-state index is 0.00616. The van der Waals surface area contributed by atoms with Gasteiger partial charge in [-0.15, -0.1) is 11.8 Å². The van der Waals surface area contributed by atoms with Gasteiger partial charge in [0.2, 0.25) is 11.8 Å². The first-order valence-electron chi connectivity index (χ1n) is 10.5. The van der Waals surface area contributed by atoms with Crippen molar-refractivity contribution in [3.8, 4) is 0 Å². The second kappa shape index (κ2) is 11.2. The molecular formula is C25H34N2O2S. The van der Waals surface area contributed by atoms with Crippen molar-refractivity contribution in [2.24, 2.45) is 0 Å². The Morgan fingerprint density at radius 1 is 1.03 bits per heavy atom. The fourth-order valence-electron chi connectivity index (χ4n) is 3.26. The Morgan fingerprint density at radius 3 is 2.27 bits per heavy atom. The first-order chi connectivity index (χ1) is 14.2. The summed E-state index contributed by atoms with van der Waals surface area (Å²) in [6, 6.07) is 17.6. The maximum atomic E-state index is 13.2. The lowest BCUT2D eigenvalue weighted by Gasteiger charge is -2.33. The van der Waals surface area contributed by atoms with Gasteiger partial charge in [-0.3, -0.25) is 9.59 Å². The van der Waals surface area contributed by atoms with E-state index in [1.165, 1.54) is 11.1 Å². The first kappa shape index (κ1) is 24.0. The smallest absolute Gasteiger partial charge is 0.243 e. The molecule has 2 amide bonds. The fourth-order valence-corrected chi connectivity index (χ4v) is 4.24. The van der Waals surface area contributed by atoms with Gasteiger partial charge in [0.25, 0.3) is 0 Å². The molecule has 162 valence electrons. The number of nitrogens with one attached hydrogen (secondary N) is 1. The molecule has 0 heterocycles. The van der Waals surface area contributed by atoms with Crippen LogP contribution in [0.2, 0.25) is 0 Å². The van der Waals surface area contributed by atoms with Crippen molar-refractivity contribution in [3.05, 3.63) is 71.3 Å². The van der Waals surface area contributed by atoms with E-state index in [9.17, 15) is 9.59 Å². The summed E-state index contributed by atoms with van der Waals surface area (Å²) in [7, 11) is 0. The van der Waals surface area contributed by atoms with Gasteiger partial charge in [-0.05, 0) is 50.8 Å². The number of rotatable bonds is 9. The van der Waals surface area contributed by atoms with Gasteiger partial charge in [-0.2, -0.15) is 0 Å². The van der Waals surface area contributed by atoms with Gasteiger partial charge in [-0.25, -0.2) is 0 Å². The average molecular weight is 427 g/mol. The number of hydrogen-bond acceptors (Lipinski definition) is 3. The number of thioether (sulfide) groups is 1. The van der Waals surface area contributed by atoms with Crippen molar-refractivity contribution in [2.45, 2.75) is 64.9 Å². The predicted octanol–water partition coefficient (Wildman–Crippen LogP) is 4.95. The monoisotopic (exact) mass is 426 g/mol. The zero-order valence-electron chi connectivity index (χ0n) is 18.8. The number of benzene rings is 2. The zero-order chi connectivity index (χ0) is 22.1. The number of amides is 2. The molecule has 0 aliphatic rings. The number of nitrogens with zero attached hydrogens (tertiary/aromatic N) is 1. The van der Waals surface area contributed by atoms with E-state index in [1.807, 2.05) is 70.2 Å². The highest BCUT2D eigenvalue weighted by molar-refractivity contribution is 7.99. The highest BCUT2D eigenvalue weighted by atomic mass is 32.2. The molecule has 0 fully saturated rings. The van der Waals surface area contributed by atoms with Crippen molar-refractivity contribution < 1.29 is 9.59 Å². The summed E-state index contributed by atoms with van der Waals surface area (Å²) in [6.45, 7) is 10.3. The zero-order valence-corrected chi connectivity index (χ0v) is 19.6. The Hall–Kier alpha value is -2.27. The molecule has 1 N–H and O–H groups in total. The fraction of sp³-hybridized carbons (Fsp3) is 0.440. The second-order valence-electron chi connectivity index (χ2n) is 8.59. The third kappa shape index (κ3) is 7.52. The van der Waals surface area contributed by atoms with Crippen molar-refractivity contribution >= 4 is 23.6 Å². The molecule has 5 heteroatoms. The molecule has 0 aliphatic heterocycles. The van der Waals surface area contributed by atoms with Crippen LogP contribution in [-0.4, -0.2) is 34.0 Å². The summed E-state index contributed by atoms with van der Waals surface area (Å²) < 4.78 is 0. The molecule has 2 aromatic carbocycles. The minimum atomic E-state index is -0.490. The third-order valence-corrected chi connectivity index (χ3v) is 5.79. The minimum Gasteiger partial charge on any atom is -0.350 e. The Balaban J connectivity index is 2.13. The van der Waals surface area contributed by atoms with Crippen molar-refractivity contribution in [2.75, 3.05) is 5.75 Å². The van der Waals surface area contributed by atoms with E-state index in [0.29, 0.717) is 18.7 Å². The maximum Gasteiger partial charge on any atom is 0.243 e. The van der Waals surface area contributed by atoms with Crippen LogP contribution in [-0.2, 0) is 21.9 Å². The van der Waals surface area contributed by atoms with E-state index in [-0.39, 0.29) is 17.4 Å². The molecule has 0 saturated heterocycles. The number of aryl methyl sites for hydroxylation is 1. The third-order valence-electron chi connectivity index (χ3n) is 4.82. The van der Waals surface area contributed by atoms with Crippen LogP contribution in [0.4, 0.5) is 0 Å². The van der Waals surface area contributed by atoms with Gasteiger partial charge >= 0.3 is 0 Å². The van der Waals surface area contributed by atoms with E-state index in [4.69, 9.17) is 0 Å². The van der Waals surface area contributed by atoms with Crippen LogP contribution in [0.25, 0.3) is 0 Å². The SMILES string of the molecule is CC[C@H](C(=O)NC(C)(C)C)N(Cc1ccccc1)C(=O)CSCc1ccccc1C. The van der Waals surface area contributed by atoms with Crippen LogP contribution < -0.4 is 5.32 Å². The van der Waals surface area contributed by atoms with Crippen molar-refractivity contribution in [1.82, 2.24) is 10.2 Å². The standard InChI is InChI=1S/C25H34N2O2S/c1-6-22(24(29)26-25(3,4)5)27(16-20-13-8-7-9-14-20)23(28)18-30-17-21-15-11-10-12-19(21)2/h7-15,22H,6,16-18H2,1-5H3,(H,26,29)/t22-/m1/s1. The molecule has 0 spiro atoms. The van der Waals surface area contributed by atoms with Gasteiger partial charge in [0.15, 0.2) is 0 Å². The van der Waals surface area contributed by atoms with E-state index in [1.54, 1.807) is 16.7 Å². The summed E-state index contributed by atoms with van der Waals surface area (Å²) in [5.74, 6) is 1.02. The van der Waals surface area contributed by atoms with Gasteiger partial charge in [0.1, 0.15) is 6.04 Å². The molecule has 2 aromatic rings. The van der Waals surface area contributed by atoms with Gasteiger partial charge in [-0.1, -0.05) is 61.5 Å². The average Bonchev–Trinajstić information content (AvgIpc) is 2.68. The highest BCUT2D eigenvalue weighted by Crippen LogP contribution is 2.19. The molecule has 4 nitrogen and oxygen atoms in total. The molecule has 1 atom stereocenters. The molecular weight excluding hydrogens is 392 g/mol. The summed E-state index contributed by atoms with van der Waals surface area (Å²) in [5.41, 5.74) is 3.15. The highest BCUT2D eigenvalue weighted by Gasteiger charge is 2.30. The summed E-state index contributed by atoms with van der Waals surface area (Å²) in [4.78, 5) is 27.9. The maximum absolute atomic E-state index is 13.2. The lowest BCUT2D eigenvalue weighted by atomic mass is 10.1. The topological polar surface area (TPSA) is 49.4 Å². The van der Waals surface area contributed by atoms with Crippen LogP contribution >= 0.6 is 11.8 Å². The second-order valence-corrected chi connectivity index (χ2v) is 9.58. The number of carbonyl (C=O) groups excluding carboxylic acids is 2. The molecule has 0 aliphatic carbocycles. The summed E-state index contributed by atoms with van der Waals surface area (Å²) >= 11 is 1.60. The number of carbonyl (C=O) groups is 2. The molecule has 0 aromatic heterocycles. The molecule has 2 rings (SSSR count). The molecule has 0 radical (unpaired) electrons. The van der Waals surface area contributed by atoms with Crippen LogP contribution in [0, 0.1) is 6.92 Å². The van der Waals surface area contributed by atoms with E-state index >= 15 is 0 Å². The van der Waals surface area contributed by atoms with Gasteiger partial charge in [0.05, 0.1) is 5.75 Å². The molecule has 0 bridgehead atoms. The van der Waals surface area contributed by atoms with Crippen molar-refractivity contribution in [1.29, 1.82) is 0 Å². The van der Waals surface area contributed by atoms with E-state index < -0.39 is 6.04 Å². The Morgan fingerprint density at radius 2 is 1.67 bits per heavy atom. The summed E-state index contributed by atoms with van der Waals surface area (Å²) in [5, 5.41) is 3.04. The lowest BCUT2D eigenvalue weighted by molar-refractivity contribution is -0.140. The first-order valence-corrected chi connectivity index (χ1v) is 11.6. The van der Waals surface area contributed by atoms with Crippen LogP contribution in [0.5, 0.6) is 0 Å². The Labute approximate surface area is 185 Å². The Kier molecular flexibility index (Phi) is 8.97. The molecule has 30 heavy (non-hydrogen) atoms. The van der Waals surface area contributed by atoms with E-state index in [2.05, 4.69) is 24.4 Å². The lowest BCUT2D eigenvalue weighted by Crippen LogP contribution is -2.53. The normalized spacial score (nSPS) is 12.3. The van der Waals surface area contributed by atoms with Crippen LogP contribution in [0.3, 0.4) is 0 Å². The van der Waals surface area contributed by atoms with Crippen LogP contribution in [0.15, 0.2) is 54.6 Å². The predicted molar refractivity (Wildman–Crippen MR) is 126 cm³/mol. The Bertz CT molecular complexity index is 831. The van der Waals surface area contributed by atoms with Gasteiger partial charge < -0.3 is 10.2 Å². The summed E-state index contributed by atoms with van der Waals surface area (Å²) in [6.07, 6.45) is 0.572. The number of hydrogen-bond donors (Lipinski definition) is 1. The van der Waals surface area contributed by atoms with Crippen LogP contribution in [0.1, 0.15) is 50.8 Å². The quantitative estimate of drug-likeness (QED) is 0.617. The van der Waals surface area contributed by atoms with E-state index in [0.717, 1.165) is 11.3 Å². The van der Waals surface area contributed by atoms with Gasteiger partial charge in [0, 0.05) is 17.8 Å². The van der Waals surface area contributed by atoms with Crippen molar-refractivity contribution in [3.63, 3.8) is 0 Å². The largest absolute Gasteiger partial charge is 0.350 e. The molecule has 0 unspecified atom stereocenters.